The molecule has 230 valence electrons. The molecular weight excluding hydrogens is 578 g/mol. The van der Waals surface area contributed by atoms with Crippen molar-refractivity contribution in [2.75, 3.05) is 34.5 Å². The zero-order valence-corrected chi connectivity index (χ0v) is 26.5. The van der Waals surface area contributed by atoms with Gasteiger partial charge < -0.3 is 24.3 Å². The molecule has 2 atom stereocenters. The Labute approximate surface area is 261 Å². The van der Waals surface area contributed by atoms with Gasteiger partial charge in [0.25, 0.3) is 0 Å². The Hall–Kier alpha value is -4.06. The van der Waals surface area contributed by atoms with E-state index in [1.165, 1.54) is 5.56 Å². The first-order valence-corrected chi connectivity index (χ1v) is 15.6. The maximum Gasteiger partial charge on any atom is 0.203 e. The molecule has 0 spiro atoms. The van der Waals surface area contributed by atoms with E-state index < -0.39 is 6.10 Å². The summed E-state index contributed by atoms with van der Waals surface area (Å²) in [5, 5.41) is 13.3. The van der Waals surface area contributed by atoms with Gasteiger partial charge in [-0.25, -0.2) is 0 Å². The second-order valence-electron chi connectivity index (χ2n) is 10.8. The standard InChI is InChI=1S/C33H37N5O5S/c1-6-24(39)31-30(34-13-14-43-31)27-17-23-29(35-18-28-37-36-19(2)38(28)33(23)44-27)22-11-9-20(10-12-22)7-8-21-15-25(40-3)32(42-5)26(16-21)41-4/h9-12,15-17,30-31,34H,6-8,13-14,18H2,1-5H3. The predicted molar refractivity (Wildman–Crippen MR) is 169 cm³/mol. The summed E-state index contributed by atoms with van der Waals surface area (Å²) in [6.45, 7) is 5.48. The number of Topliss-reactive ketones (excluding diaryl/α,β-unsaturated/α-hetero) is 1. The van der Waals surface area contributed by atoms with Gasteiger partial charge in [0, 0.05) is 29.0 Å². The van der Waals surface area contributed by atoms with Gasteiger partial charge in [0.2, 0.25) is 5.75 Å². The van der Waals surface area contributed by atoms with Crippen molar-refractivity contribution in [3.8, 4) is 22.2 Å². The van der Waals surface area contributed by atoms with Crippen molar-refractivity contribution in [1.29, 1.82) is 0 Å². The van der Waals surface area contributed by atoms with Crippen molar-refractivity contribution >= 4 is 22.8 Å². The number of nitrogens with one attached hydrogen (secondary N) is 1. The zero-order valence-electron chi connectivity index (χ0n) is 25.7. The fourth-order valence-corrected chi connectivity index (χ4v) is 7.20. The molecule has 2 aromatic heterocycles. The molecule has 2 aromatic carbocycles. The molecule has 0 radical (unpaired) electrons. The number of benzene rings is 2. The van der Waals surface area contributed by atoms with Crippen molar-refractivity contribution in [3.63, 3.8) is 0 Å². The number of nitrogens with zero attached hydrogens (tertiary/aromatic N) is 4. The molecular formula is C33H37N5O5S. The average molecular weight is 616 g/mol. The molecule has 44 heavy (non-hydrogen) atoms. The largest absolute Gasteiger partial charge is 0.493 e. The minimum Gasteiger partial charge on any atom is -0.493 e. The molecule has 2 unspecified atom stereocenters. The van der Waals surface area contributed by atoms with Gasteiger partial charge >= 0.3 is 0 Å². The fourth-order valence-electron chi connectivity index (χ4n) is 5.87. The number of morpholine rings is 1. The number of hydrogen-bond acceptors (Lipinski definition) is 10. The summed E-state index contributed by atoms with van der Waals surface area (Å²) in [6, 6.07) is 14.5. The van der Waals surface area contributed by atoms with Crippen molar-refractivity contribution in [2.45, 2.75) is 51.8 Å². The molecule has 2 aliphatic rings. The van der Waals surface area contributed by atoms with Crippen molar-refractivity contribution < 1.29 is 23.7 Å². The van der Waals surface area contributed by atoms with Crippen LogP contribution in [-0.4, -0.2) is 66.8 Å². The lowest BCUT2D eigenvalue weighted by molar-refractivity contribution is -0.134. The molecule has 0 bridgehead atoms. The number of aryl methyl sites for hydroxylation is 3. The predicted octanol–water partition coefficient (Wildman–Crippen LogP) is 4.81. The van der Waals surface area contributed by atoms with Gasteiger partial charge in [-0.1, -0.05) is 31.2 Å². The number of methoxy groups -OCH3 is 3. The van der Waals surface area contributed by atoms with Crippen LogP contribution in [0.1, 0.15) is 58.2 Å². The van der Waals surface area contributed by atoms with Gasteiger partial charge in [0.15, 0.2) is 23.1 Å². The molecule has 0 saturated carbocycles. The van der Waals surface area contributed by atoms with Crippen LogP contribution in [0.2, 0.25) is 0 Å². The van der Waals surface area contributed by atoms with Gasteiger partial charge in [-0.3, -0.25) is 14.4 Å². The third-order valence-electron chi connectivity index (χ3n) is 8.15. The monoisotopic (exact) mass is 615 g/mol. The Bertz CT molecular complexity index is 1670. The maximum absolute atomic E-state index is 12.8. The van der Waals surface area contributed by atoms with E-state index in [-0.39, 0.29) is 11.8 Å². The summed E-state index contributed by atoms with van der Waals surface area (Å²) >= 11 is 1.64. The Morgan fingerprint density at radius 3 is 2.43 bits per heavy atom. The molecule has 11 heteroatoms. The summed E-state index contributed by atoms with van der Waals surface area (Å²) < 4.78 is 24.6. The van der Waals surface area contributed by atoms with E-state index in [1.54, 1.807) is 32.7 Å². The SMILES string of the molecule is CCC(=O)C1OCCNC1c1cc2c(s1)-n1c(C)nnc1CN=C2c1ccc(CCc2cc(OC)c(OC)c(OC)c2)cc1. The van der Waals surface area contributed by atoms with Crippen LogP contribution in [0, 0.1) is 6.92 Å². The normalized spacial score (nSPS) is 17.7. The highest BCUT2D eigenvalue weighted by Gasteiger charge is 2.35. The average Bonchev–Trinajstić information content (AvgIpc) is 3.62. The molecule has 0 amide bonds. The lowest BCUT2D eigenvalue weighted by Gasteiger charge is -2.31. The van der Waals surface area contributed by atoms with Crippen LogP contribution in [0.3, 0.4) is 0 Å². The molecule has 10 nitrogen and oxygen atoms in total. The summed E-state index contributed by atoms with van der Waals surface area (Å²) in [7, 11) is 4.87. The quantitative estimate of drug-likeness (QED) is 0.271. The Kier molecular flexibility index (Phi) is 8.79. The van der Waals surface area contributed by atoms with Crippen LogP contribution < -0.4 is 19.5 Å². The first-order chi connectivity index (χ1) is 21.4. The van der Waals surface area contributed by atoms with Crippen LogP contribution in [0.25, 0.3) is 5.00 Å². The van der Waals surface area contributed by atoms with Gasteiger partial charge in [-0.15, -0.1) is 21.5 Å². The molecule has 4 heterocycles. The number of carbonyl (C=O) groups excluding carboxylic acids is 1. The van der Waals surface area contributed by atoms with E-state index in [1.807, 2.05) is 26.0 Å². The summed E-state index contributed by atoms with van der Waals surface area (Å²) in [4.78, 5) is 18.9. The van der Waals surface area contributed by atoms with E-state index in [0.29, 0.717) is 43.4 Å². The van der Waals surface area contributed by atoms with Gasteiger partial charge in [0.05, 0.1) is 39.7 Å². The van der Waals surface area contributed by atoms with Crippen LogP contribution in [-0.2, 0) is 28.9 Å². The fraction of sp³-hybridized carbons (Fsp3) is 0.394. The van der Waals surface area contributed by atoms with E-state index in [2.05, 4.69) is 50.4 Å². The third kappa shape index (κ3) is 5.62. The first kappa shape index (κ1) is 30.0. The second-order valence-corrected chi connectivity index (χ2v) is 11.9. The number of rotatable bonds is 10. The summed E-state index contributed by atoms with van der Waals surface area (Å²) in [5.41, 5.74) is 5.24. The summed E-state index contributed by atoms with van der Waals surface area (Å²) in [5.74, 6) is 3.60. The number of hydrogen-bond donors (Lipinski definition) is 1. The molecule has 1 saturated heterocycles. The minimum atomic E-state index is -0.511. The Balaban J connectivity index is 1.29. The van der Waals surface area contributed by atoms with E-state index in [9.17, 15) is 4.79 Å². The molecule has 6 rings (SSSR count). The molecule has 1 N–H and O–H groups in total. The Morgan fingerprint density at radius 1 is 1.02 bits per heavy atom. The van der Waals surface area contributed by atoms with Crippen molar-refractivity contribution in [3.05, 3.63) is 81.2 Å². The smallest absolute Gasteiger partial charge is 0.203 e. The number of aliphatic imine (C=N–C) groups is 1. The second kappa shape index (κ2) is 12.9. The van der Waals surface area contributed by atoms with Crippen LogP contribution in [0.4, 0.5) is 0 Å². The molecule has 2 aliphatic heterocycles. The molecule has 1 fully saturated rings. The van der Waals surface area contributed by atoms with Gasteiger partial charge in [0.1, 0.15) is 23.5 Å². The third-order valence-corrected chi connectivity index (χ3v) is 9.36. The lowest BCUT2D eigenvalue weighted by Crippen LogP contribution is -2.45. The number of aromatic nitrogens is 3. The van der Waals surface area contributed by atoms with Crippen LogP contribution in [0.5, 0.6) is 17.2 Å². The number of fused-ring (bicyclic) bond motifs is 3. The van der Waals surface area contributed by atoms with Crippen LogP contribution in [0.15, 0.2) is 47.5 Å². The lowest BCUT2D eigenvalue weighted by atomic mass is 9.97. The highest BCUT2D eigenvalue weighted by molar-refractivity contribution is 7.15. The van der Waals surface area contributed by atoms with Crippen molar-refractivity contribution in [2.24, 2.45) is 4.99 Å². The minimum absolute atomic E-state index is 0.1000. The highest BCUT2D eigenvalue weighted by atomic mass is 32.1. The number of ketones is 1. The van der Waals surface area contributed by atoms with E-state index in [0.717, 1.165) is 56.8 Å². The zero-order chi connectivity index (χ0) is 30.8. The molecule has 4 aromatic rings. The maximum atomic E-state index is 12.8. The van der Waals surface area contributed by atoms with E-state index >= 15 is 0 Å². The van der Waals surface area contributed by atoms with Gasteiger partial charge in [-0.2, -0.15) is 0 Å². The van der Waals surface area contributed by atoms with Gasteiger partial charge in [-0.05, 0) is 49.1 Å². The first-order valence-electron chi connectivity index (χ1n) is 14.8. The van der Waals surface area contributed by atoms with Crippen LogP contribution >= 0.6 is 11.3 Å². The summed E-state index contributed by atoms with van der Waals surface area (Å²) in [6.07, 6.45) is 1.58. The number of ether oxygens (including phenoxy) is 4. The van der Waals surface area contributed by atoms with E-state index in [4.69, 9.17) is 23.9 Å². The Morgan fingerprint density at radius 2 is 1.75 bits per heavy atom. The number of carbonyl (C=O) groups is 1. The highest BCUT2D eigenvalue weighted by Crippen LogP contribution is 2.39. The molecule has 0 aliphatic carbocycles. The number of thiophene rings is 1. The van der Waals surface area contributed by atoms with Crippen molar-refractivity contribution in [1.82, 2.24) is 20.1 Å². The topological polar surface area (TPSA) is 109 Å².